The molecule has 0 aromatic heterocycles. The minimum atomic E-state index is -0.520. The van der Waals surface area contributed by atoms with E-state index in [0.717, 1.165) is 5.56 Å². The molecule has 2 aromatic carbocycles. The second-order valence-electron chi connectivity index (χ2n) is 4.40. The number of hydrogen-bond donors (Lipinski definition) is 0. The summed E-state index contributed by atoms with van der Waals surface area (Å²) in [4.78, 5) is 13.5. The minimum Gasteiger partial charge on any atom is -0.497 e. The molecule has 1 heterocycles. The Morgan fingerprint density at radius 1 is 1.20 bits per heavy atom. The molecule has 0 radical (unpaired) electrons. The summed E-state index contributed by atoms with van der Waals surface area (Å²) >= 11 is 0. The van der Waals surface area contributed by atoms with Crippen molar-refractivity contribution in [3.8, 4) is 11.5 Å². The number of fused-ring (bicyclic) bond motifs is 1. The molecule has 1 amide bonds. The Morgan fingerprint density at radius 3 is 2.65 bits per heavy atom. The van der Waals surface area contributed by atoms with Gasteiger partial charge in [-0.1, -0.05) is 6.07 Å². The van der Waals surface area contributed by atoms with Gasteiger partial charge in [-0.25, -0.2) is 9.18 Å². The Kier molecular flexibility index (Phi) is 3.02. The van der Waals surface area contributed by atoms with Crippen LogP contribution in [-0.4, -0.2) is 13.2 Å². The normalized spacial score (nSPS) is 13.7. The van der Waals surface area contributed by atoms with Crippen LogP contribution in [0.4, 0.5) is 14.9 Å². The van der Waals surface area contributed by atoms with E-state index < -0.39 is 11.9 Å². The Balaban J connectivity index is 1.91. The molecule has 102 valence electrons. The Morgan fingerprint density at radius 2 is 1.95 bits per heavy atom. The number of amides is 1. The van der Waals surface area contributed by atoms with Gasteiger partial charge in [0.1, 0.15) is 17.3 Å². The van der Waals surface area contributed by atoms with Crippen LogP contribution in [0.5, 0.6) is 11.5 Å². The number of ether oxygens (including phenoxy) is 2. The summed E-state index contributed by atoms with van der Waals surface area (Å²) in [5, 5.41) is 0. The van der Waals surface area contributed by atoms with Crippen molar-refractivity contribution in [3.63, 3.8) is 0 Å². The number of halogens is 1. The summed E-state index contributed by atoms with van der Waals surface area (Å²) in [6, 6.07) is 11.3. The van der Waals surface area contributed by atoms with Crippen LogP contribution in [0.15, 0.2) is 42.5 Å². The summed E-state index contributed by atoms with van der Waals surface area (Å²) in [7, 11) is 1.58. The molecule has 0 saturated carbocycles. The fraction of sp³-hybridized carbons (Fsp3) is 0.133. The third-order valence-electron chi connectivity index (χ3n) is 3.16. The van der Waals surface area contributed by atoms with E-state index in [0.29, 0.717) is 18.0 Å². The maximum absolute atomic E-state index is 13.1. The van der Waals surface area contributed by atoms with Crippen molar-refractivity contribution in [3.05, 3.63) is 53.8 Å². The van der Waals surface area contributed by atoms with Crippen LogP contribution in [-0.2, 0) is 6.54 Å². The zero-order valence-electron chi connectivity index (χ0n) is 10.8. The molecule has 5 heteroatoms. The quantitative estimate of drug-likeness (QED) is 0.842. The first-order valence-corrected chi connectivity index (χ1v) is 6.09. The van der Waals surface area contributed by atoms with E-state index in [9.17, 15) is 9.18 Å². The van der Waals surface area contributed by atoms with Crippen LogP contribution < -0.4 is 14.4 Å². The molecule has 1 aliphatic heterocycles. The van der Waals surface area contributed by atoms with Gasteiger partial charge < -0.3 is 9.47 Å². The van der Waals surface area contributed by atoms with Gasteiger partial charge in [-0.3, -0.25) is 4.90 Å². The first-order valence-electron chi connectivity index (χ1n) is 6.09. The number of benzene rings is 2. The van der Waals surface area contributed by atoms with Gasteiger partial charge in [0, 0.05) is 17.3 Å². The SMILES string of the molecule is COc1ccc(N2Cc3ccc(F)cc3OC2=O)cc1. The van der Waals surface area contributed by atoms with Crippen LogP contribution >= 0.6 is 0 Å². The van der Waals surface area contributed by atoms with E-state index in [4.69, 9.17) is 9.47 Å². The maximum Gasteiger partial charge on any atom is 0.420 e. The van der Waals surface area contributed by atoms with E-state index in [1.165, 1.54) is 17.0 Å². The van der Waals surface area contributed by atoms with Gasteiger partial charge in [-0.15, -0.1) is 0 Å². The van der Waals surface area contributed by atoms with Crippen molar-refractivity contribution >= 4 is 11.8 Å². The number of methoxy groups -OCH3 is 1. The van der Waals surface area contributed by atoms with E-state index in [-0.39, 0.29) is 5.75 Å². The Bertz CT molecular complexity index is 655. The molecule has 4 nitrogen and oxygen atoms in total. The zero-order valence-corrected chi connectivity index (χ0v) is 10.8. The highest BCUT2D eigenvalue weighted by molar-refractivity contribution is 5.91. The summed E-state index contributed by atoms with van der Waals surface area (Å²) < 4.78 is 23.3. The monoisotopic (exact) mass is 273 g/mol. The molecule has 0 saturated heterocycles. The standard InChI is InChI=1S/C15H12FNO3/c1-19-13-6-4-12(5-7-13)17-9-10-2-3-11(16)8-14(10)20-15(17)18/h2-8H,9H2,1H3. The average Bonchev–Trinajstić information content (AvgIpc) is 2.46. The second kappa shape index (κ2) is 4.85. The predicted octanol–water partition coefficient (Wildman–Crippen LogP) is 3.35. The van der Waals surface area contributed by atoms with Gasteiger partial charge in [-0.05, 0) is 30.3 Å². The van der Waals surface area contributed by atoms with Crippen molar-refractivity contribution in [2.75, 3.05) is 12.0 Å². The molecule has 2 aromatic rings. The van der Waals surface area contributed by atoms with Gasteiger partial charge >= 0.3 is 6.09 Å². The topological polar surface area (TPSA) is 38.8 Å². The molecule has 3 rings (SSSR count). The molecule has 0 unspecified atom stereocenters. The van der Waals surface area contributed by atoms with Gasteiger partial charge in [0.2, 0.25) is 0 Å². The minimum absolute atomic E-state index is 0.278. The molecule has 0 bridgehead atoms. The van der Waals surface area contributed by atoms with E-state index in [1.807, 2.05) is 0 Å². The second-order valence-corrected chi connectivity index (χ2v) is 4.40. The number of rotatable bonds is 2. The summed E-state index contributed by atoms with van der Waals surface area (Å²) in [5.74, 6) is 0.566. The van der Waals surface area contributed by atoms with E-state index in [1.54, 1.807) is 37.4 Å². The highest BCUT2D eigenvalue weighted by atomic mass is 19.1. The van der Waals surface area contributed by atoms with Crippen molar-refractivity contribution in [2.45, 2.75) is 6.54 Å². The molecule has 0 fully saturated rings. The Hall–Kier alpha value is -2.56. The zero-order chi connectivity index (χ0) is 14.1. The number of carbonyl (C=O) groups excluding carboxylic acids is 1. The van der Waals surface area contributed by atoms with E-state index in [2.05, 4.69) is 0 Å². The summed E-state index contributed by atoms with van der Waals surface area (Å²) in [5.41, 5.74) is 1.47. The lowest BCUT2D eigenvalue weighted by Crippen LogP contribution is -2.37. The van der Waals surface area contributed by atoms with Crippen molar-refractivity contribution < 1.29 is 18.7 Å². The predicted molar refractivity (Wildman–Crippen MR) is 71.6 cm³/mol. The third-order valence-corrected chi connectivity index (χ3v) is 3.16. The summed E-state index contributed by atoms with van der Waals surface area (Å²) in [6.45, 7) is 0.348. The lowest BCUT2D eigenvalue weighted by Gasteiger charge is -2.28. The van der Waals surface area contributed by atoms with Gasteiger partial charge in [-0.2, -0.15) is 0 Å². The fourth-order valence-corrected chi connectivity index (χ4v) is 2.10. The van der Waals surface area contributed by atoms with Crippen molar-refractivity contribution in [2.24, 2.45) is 0 Å². The van der Waals surface area contributed by atoms with Crippen molar-refractivity contribution in [1.82, 2.24) is 0 Å². The lowest BCUT2D eigenvalue weighted by atomic mass is 10.1. The maximum atomic E-state index is 13.1. The van der Waals surface area contributed by atoms with Gasteiger partial charge in [0.05, 0.1) is 13.7 Å². The number of hydrogen-bond acceptors (Lipinski definition) is 3. The van der Waals surface area contributed by atoms with Crippen molar-refractivity contribution in [1.29, 1.82) is 0 Å². The molecule has 0 aliphatic carbocycles. The highest BCUT2D eigenvalue weighted by Gasteiger charge is 2.26. The molecule has 0 N–H and O–H groups in total. The molecule has 0 spiro atoms. The van der Waals surface area contributed by atoms with Crippen LogP contribution in [0.2, 0.25) is 0 Å². The van der Waals surface area contributed by atoms with Gasteiger partial charge in [0.15, 0.2) is 0 Å². The number of anilines is 1. The first kappa shape index (κ1) is 12.5. The van der Waals surface area contributed by atoms with Crippen LogP contribution in [0.25, 0.3) is 0 Å². The fourth-order valence-electron chi connectivity index (χ4n) is 2.10. The molecular formula is C15H12FNO3. The lowest BCUT2D eigenvalue weighted by molar-refractivity contribution is 0.202. The van der Waals surface area contributed by atoms with E-state index >= 15 is 0 Å². The highest BCUT2D eigenvalue weighted by Crippen LogP contribution is 2.30. The smallest absolute Gasteiger partial charge is 0.420 e. The molecule has 1 aliphatic rings. The largest absolute Gasteiger partial charge is 0.497 e. The molecule has 0 atom stereocenters. The van der Waals surface area contributed by atoms with Gasteiger partial charge in [0.25, 0.3) is 0 Å². The van der Waals surface area contributed by atoms with Crippen LogP contribution in [0.3, 0.4) is 0 Å². The number of nitrogens with zero attached hydrogens (tertiary/aromatic N) is 1. The Labute approximate surface area is 115 Å². The number of carbonyl (C=O) groups is 1. The first-order chi connectivity index (χ1) is 9.67. The molecule has 20 heavy (non-hydrogen) atoms. The molecular weight excluding hydrogens is 261 g/mol. The average molecular weight is 273 g/mol. The van der Waals surface area contributed by atoms with Crippen LogP contribution in [0, 0.1) is 5.82 Å². The summed E-state index contributed by atoms with van der Waals surface area (Å²) in [6.07, 6.45) is -0.520. The van der Waals surface area contributed by atoms with Crippen LogP contribution in [0.1, 0.15) is 5.56 Å². The third kappa shape index (κ3) is 2.18.